The molecule has 1 heterocycles. The number of halogens is 1. The molecule has 0 aliphatic carbocycles. The molecular weight excluding hydrogens is 354 g/mol. The molecule has 0 aliphatic heterocycles. The Kier molecular flexibility index (Phi) is 4.67. The van der Waals surface area contributed by atoms with Gasteiger partial charge in [-0.3, -0.25) is 0 Å². The summed E-state index contributed by atoms with van der Waals surface area (Å²) in [5.41, 5.74) is 4.23. The fourth-order valence-corrected chi connectivity index (χ4v) is 3.13. The lowest BCUT2D eigenvalue weighted by Crippen LogP contribution is -2.30. The predicted octanol–water partition coefficient (Wildman–Crippen LogP) is 4.60. The van der Waals surface area contributed by atoms with E-state index in [0.29, 0.717) is 6.54 Å². The number of rotatable bonds is 4. The highest BCUT2D eigenvalue weighted by Gasteiger charge is 2.06. The van der Waals surface area contributed by atoms with Crippen LogP contribution < -0.4 is 10.6 Å². The third kappa shape index (κ3) is 3.74. The van der Waals surface area contributed by atoms with Crippen LogP contribution in [0.15, 0.2) is 53.1 Å². The molecule has 3 aromatic rings. The molecule has 2 amide bonds. The summed E-state index contributed by atoms with van der Waals surface area (Å²) in [5.74, 6) is 0. The summed E-state index contributed by atoms with van der Waals surface area (Å²) >= 11 is 3.46. The summed E-state index contributed by atoms with van der Waals surface area (Å²) in [6.07, 6.45) is 2.79. The van der Waals surface area contributed by atoms with Gasteiger partial charge in [-0.15, -0.1) is 0 Å². The molecular formula is C18H18BrN3O. The maximum absolute atomic E-state index is 12.0. The van der Waals surface area contributed by atoms with E-state index in [0.717, 1.165) is 27.7 Å². The van der Waals surface area contributed by atoms with Gasteiger partial charge in [-0.1, -0.05) is 24.3 Å². The lowest BCUT2D eigenvalue weighted by atomic mass is 10.1. The van der Waals surface area contributed by atoms with Crippen molar-refractivity contribution in [2.75, 3.05) is 11.9 Å². The highest BCUT2D eigenvalue weighted by Crippen LogP contribution is 2.23. The Morgan fingerprint density at radius 1 is 1.22 bits per heavy atom. The summed E-state index contributed by atoms with van der Waals surface area (Å²) in [7, 11) is 0. The number of nitrogens with one attached hydrogen (secondary N) is 3. The normalized spacial score (nSPS) is 10.7. The molecule has 2 aromatic carbocycles. The molecule has 0 unspecified atom stereocenters. The van der Waals surface area contributed by atoms with Gasteiger partial charge in [0.15, 0.2) is 0 Å². The molecule has 0 fully saturated rings. The van der Waals surface area contributed by atoms with Crippen molar-refractivity contribution in [3.8, 4) is 0 Å². The number of aromatic amines is 1. The van der Waals surface area contributed by atoms with Crippen LogP contribution in [0.1, 0.15) is 11.1 Å². The van der Waals surface area contributed by atoms with E-state index in [9.17, 15) is 4.79 Å². The standard InChI is InChI=1S/C18H18BrN3O/c1-12-6-7-17(15(19)10-12)22-18(23)20-9-8-13-11-21-16-5-3-2-4-14(13)16/h2-7,10-11,21H,8-9H2,1H3,(H2,20,22,23). The summed E-state index contributed by atoms with van der Waals surface area (Å²) in [5, 5.41) is 6.95. The zero-order valence-electron chi connectivity index (χ0n) is 12.8. The zero-order valence-corrected chi connectivity index (χ0v) is 14.4. The van der Waals surface area contributed by atoms with Gasteiger partial charge in [0.05, 0.1) is 5.69 Å². The van der Waals surface area contributed by atoms with E-state index in [2.05, 4.69) is 37.6 Å². The fraction of sp³-hybridized carbons (Fsp3) is 0.167. The van der Waals surface area contributed by atoms with Gasteiger partial charge in [-0.25, -0.2) is 4.79 Å². The third-order valence-electron chi connectivity index (χ3n) is 3.73. The number of H-pyrrole nitrogens is 1. The van der Waals surface area contributed by atoms with Gasteiger partial charge < -0.3 is 15.6 Å². The second-order valence-electron chi connectivity index (χ2n) is 5.47. The van der Waals surface area contributed by atoms with Crippen LogP contribution in [0.4, 0.5) is 10.5 Å². The molecule has 1 aromatic heterocycles. The van der Waals surface area contributed by atoms with Gasteiger partial charge >= 0.3 is 6.03 Å². The molecule has 23 heavy (non-hydrogen) atoms. The molecule has 3 N–H and O–H groups in total. The monoisotopic (exact) mass is 371 g/mol. The maximum Gasteiger partial charge on any atom is 0.319 e. The third-order valence-corrected chi connectivity index (χ3v) is 4.38. The number of anilines is 1. The van der Waals surface area contributed by atoms with Gasteiger partial charge in [0, 0.05) is 28.1 Å². The summed E-state index contributed by atoms with van der Waals surface area (Å²) < 4.78 is 0.879. The van der Waals surface area contributed by atoms with Crippen molar-refractivity contribution in [1.29, 1.82) is 0 Å². The van der Waals surface area contributed by atoms with Gasteiger partial charge in [0.25, 0.3) is 0 Å². The molecule has 0 atom stereocenters. The topological polar surface area (TPSA) is 56.9 Å². The van der Waals surface area contributed by atoms with Crippen molar-refractivity contribution in [3.05, 3.63) is 64.3 Å². The lowest BCUT2D eigenvalue weighted by Gasteiger charge is -2.09. The molecule has 3 rings (SSSR count). The van der Waals surface area contributed by atoms with Crippen molar-refractivity contribution in [2.24, 2.45) is 0 Å². The van der Waals surface area contributed by atoms with Crippen LogP contribution in [0.2, 0.25) is 0 Å². The molecule has 0 radical (unpaired) electrons. The molecule has 0 spiro atoms. The van der Waals surface area contributed by atoms with Gasteiger partial charge in [0.1, 0.15) is 0 Å². The SMILES string of the molecule is Cc1ccc(NC(=O)NCCc2c[nH]c3ccccc23)c(Br)c1. The summed E-state index contributed by atoms with van der Waals surface area (Å²) in [6, 6.07) is 13.8. The number of urea groups is 1. The van der Waals surface area contributed by atoms with E-state index in [4.69, 9.17) is 0 Å². The highest BCUT2D eigenvalue weighted by molar-refractivity contribution is 9.10. The molecule has 118 valence electrons. The van der Waals surface area contributed by atoms with E-state index >= 15 is 0 Å². The first-order valence-corrected chi connectivity index (χ1v) is 8.29. The number of amides is 2. The lowest BCUT2D eigenvalue weighted by molar-refractivity contribution is 0.252. The number of aromatic nitrogens is 1. The molecule has 0 aliphatic rings. The Bertz CT molecular complexity index is 841. The first-order valence-electron chi connectivity index (χ1n) is 7.49. The Morgan fingerprint density at radius 2 is 2.04 bits per heavy atom. The van der Waals surface area contributed by atoms with Crippen LogP contribution in [0.25, 0.3) is 10.9 Å². The van der Waals surface area contributed by atoms with E-state index in [-0.39, 0.29) is 6.03 Å². The molecule has 0 saturated carbocycles. The maximum atomic E-state index is 12.0. The minimum atomic E-state index is -0.200. The Labute approximate surface area is 143 Å². The number of benzene rings is 2. The fourth-order valence-electron chi connectivity index (χ4n) is 2.54. The quantitative estimate of drug-likeness (QED) is 0.616. The number of para-hydroxylation sites is 1. The number of aryl methyl sites for hydroxylation is 1. The van der Waals surface area contributed by atoms with Crippen LogP contribution in [0.3, 0.4) is 0 Å². The predicted molar refractivity (Wildman–Crippen MR) is 97.9 cm³/mol. The molecule has 4 nitrogen and oxygen atoms in total. The minimum absolute atomic E-state index is 0.200. The Morgan fingerprint density at radius 3 is 2.87 bits per heavy atom. The smallest absolute Gasteiger partial charge is 0.319 e. The van der Waals surface area contributed by atoms with Crippen LogP contribution >= 0.6 is 15.9 Å². The van der Waals surface area contributed by atoms with Crippen molar-refractivity contribution >= 4 is 38.6 Å². The number of carbonyl (C=O) groups excluding carboxylic acids is 1. The first-order chi connectivity index (χ1) is 11.1. The molecule has 5 heteroatoms. The zero-order chi connectivity index (χ0) is 16.2. The van der Waals surface area contributed by atoms with Gasteiger partial charge in [-0.05, 0) is 58.6 Å². The van der Waals surface area contributed by atoms with E-state index < -0.39 is 0 Å². The van der Waals surface area contributed by atoms with Crippen molar-refractivity contribution < 1.29 is 4.79 Å². The van der Waals surface area contributed by atoms with E-state index in [1.165, 1.54) is 10.9 Å². The van der Waals surface area contributed by atoms with Crippen LogP contribution in [0.5, 0.6) is 0 Å². The van der Waals surface area contributed by atoms with E-state index in [1.54, 1.807) is 0 Å². The Hall–Kier alpha value is -2.27. The second kappa shape index (κ2) is 6.87. The second-order valence-corrected chi connectivity index (χ2v) is 6.33. The average molecular weight is 372 g/mol. The van der Waals surface area contributed by atoms with Crippen molar-refractivity contribution in [1.82, 2.24) is 10.3 Å². The number of fused-ring (bicyclic) bond motifs is 1. The summed E-state index contributed by atoms with van der Waals surface area (Å²) in [6.45, 7) is 2.59. The highest BCUT2D eigenvalue weighted by atomic mass is 79.9. The Balaban J connectivity index is 1.55. The number of carbonyl (C=O) groups is 1. The molecule has 0 bridgehead atoms. The first kappa shape index (κ1) is 15.6. The van der Waals surface area contributed by atoms with Crippen LogP contribution in [0, 0.1) is 6.92 Å². The van der Waals surface area contributed by atoms with Crippen molar-refractivity contribution in [3.63, 3.8) is 0 Å². The average Bonchev–Trinajstić information content (AvgIpc) is 2.94. The summed E-state index contributed by atoms with van der Waals surface area (Å²) in [4.78, 5) is 15.2. The van der Waals surface area contributed by atoms with E-state index in [1.807, 2.05) is 49.5 Å². The van der Waals surface area contributed by atoms with Crippen molar-refractivity contribution in [2.45, 2.75) is 13.3 Å². The largest absolute Gasteiger partial charge is 0.361 e. The number of hydrogen-bond donors (Lipinski definition) is 3. The van der Waals surface area contributed by atoms with Gasteiger partial charge in [0.2, 0.25) is 0 Å². The minimum Gasteiger partial charge on any atom is -0.361 e. The van der Waals surface area contributed by atoms with Crippen LogP contribution in [-0.4, -0.2) is 17.6 Å². The van der Waals surface area contributed by atoms with Crippen LogP contribution in [-0.2, 0) is 6.42 Å². The molecule has 0 saturated heterocycles. The van der Waals surface area contributed by atoms with Gasteiger partial charge in [-0.2, -0.15) is 0 Å². The number of hydrogen-bond acceptors (Lipinski definition) is 1.